The van der Waals surface area contributed by atoms with E-state index in [1.165, 1.54) is 18.2 Å². The largest absolute Gasteiger partial charge is 0.399 e. The molecule has 0 unspecified atom stereocenters. The van der Waals surface area contributed by atoms with Crippen molar-refractivity contribution in [3.63, 3.8) is 0 Å². The van der Waals surface area contributed by atoms with Crippen molar-refractivity contribution in [1.29, 1.82) is 0 Å². The van der Waals surface area contributed by atoms with E-state index in [0.717, 1.165) is 5.56 Å². The summed E-state index contributed by atoms with van der Waals surface area (Å²) in [4.78, 5) is -0.219. The third kappa shape index (κ3) is 3.40. The van der Waals surface area contributed by atoms with Crippen molar-refractivity contribution in [3.8, 4) is 0 Å². The summed E-state index contributed by atoms with van der Waals surface area (Å²) >= 11 is 0. The maximum atomic E-state index is 11.0. The van der Waals surface area contributed by atoms with E-state index in [1.807, 2.05) is 6.92 Å². The second kappa shape index (κ2) is 5.40. The van der Waals surface area contributed by atoms with E-state index < -0.39 is 10.1 Å². The van der Waals surface area contributed by atoms with E-state index in [9.17, 15) is 8.42 Å². The first-order chi connectivity index (χ1) is 9.36. The van der Waals surface area contributed by atoms with Crippen molar-refractivity contribution in [2.24, 2.45) is 10.2 Å². The molecule has 2 aromatic carbocycles. The number of hydrogen-bond donors (Lipinski definition) is 2. The molecular weight excluding hydrogens is 278 g/mol. The predicted octanol–water partition coefficient (Wildman–Crippen LogP) is 3.24. The number of nitrogen functional groups attached to an aromatic ring is 1. The highest BCUT2D eigenvalue weighted by molar-refractivity contribution is 7.85. The quantitative estimate of drug-likeness (QED) is 0.514. The van der Waals surface area contributed by atoms with Crippen molar-refractivity contribution in [2.75, 3.05) is 5.73 Å². The lowest BCUT2D eigenvalue weighted by molar-refractivity contribution is 0.483. The summed E-state index contributed by atoms with van der Waals surface area (Å²) in [6.07, 6.45) is 0. The third-order valence-electron chi connectivity index (χ3n) is 2.61. The summed E-state index contributed by atoms with van der Waals surface area (Å²) in [6, 6.07) is 10.8. The summed E-state index contributed by atoms with van der Waals surface area (Å²) in [5, 5.41) is 7.98. The Morgan fingerprint density at radius 2 is 1.85 bits per heavy atom. The zero-order valence-electron chi connectivity index (χ0n) is 10.7. The minimum atomic E-state index is -4.24. The van der Waals surface area contributed by atoms with Gasteiger partial charge < -0.3 is 5.73 Å². The van der Waals surface area contributed by atoms with Gasteiger partial charge in [-0.2, -0.15) is 18.6 Å². The number of benzene rings is 2. The first-order valence-corrected chi connectivity index (χ1v) is 7.16. The highest BCUT2D eigenvalue weighted by Gasteiger charge is 2.09. The van der Waals surface area contributed by atoms with Gasteiger partial charge in [0.25, 0.3) is 10.1 Å². The van der Waals surface area contributed by atoms with Gasteiger partial charge in [-0.05, 0) is 48.9 Å². The summed E-state index contributed by atoms with van der Waals surface area (Å²) in [5.74, 6) is 0. The Morgan fingerprint density at radius 1 is 1.10 bits per heavy atom. The van der Waals surface area contributed by atoms with Crippen LogP contribution in [0.4, 0.5) is 17.1 Å². The second-order valence-corrected chi connectivity index (χ2v) is 5.64. The number of nitrogens with zero attached hydrogens (tertiary/aromatic N) is 2. The normalized spacial score (nSPS) is 11.9. The number of nitrogens with two attached hydrogens (primary N) is 1. The van der Waals surface area contributed by atoms with Gasteiger partial charge in [-0.25, -0.2) is 0 Å². The molecule has 3 N–H and O–H groups in total. The number of aryl methyl sites for hydroxylation is 1. The highest BCUT2D eigenvalue weighted by atomic mass is 32.2. The Labute approximate surface area is 116 Å². The summed E-state index contributed by atoms with van der Waals surface area (Å²) in [7, 11) is -4.24. The lowest BCUT2D eigenvalue weighted by Crippen LogP contribution is -1.96. The molecule has 0 radical (unpaired) electrons. The van der Waals surface area contributed by atoms with Gasteiger partial charge in [0.1, 0.15) is 0 Å². The molecule has 0 amide bonds. The van der Waals surface area contributed by atoms with Gasteiger partial charge in [-0.1, -0.05) is 6.07 Å². The molecule has 104 valence electrons. The molecule has 0 atom stereocenters. The minimum absolute atomic E-state index is 0.219. The summed E-state index contributed by atoms with van der Waals surface area (Å²) < 4.78 is 31.0. The topological polar surface area (TPSA) is 105 Å². The van der Waals surface area contributed by atoms with Crippen LogP contribution in [0.25, 0.3) is 0 Å². The molecule has 0 bridgehead atoms. The van der Waals surface area contributed by atoms with Crippen LogP contribution in [0.2, 0.25) is 0 Å². The zero-order chi connectivity index (χ0) is 14.8. The third-order valence-corrected chi connectivity index (χ3v) is 3.46. The van der Waals surface area contributed by atoms with Gasteiger partial charge in [0.05, 0.1) is 16.3 Å². The Hall–Kier alpha value is -2.25. The van der Waals surface area contributed by atoms with Crippen LogP contribution in [0, 0.1) is 6.92 Å². The van der Waals surface area contributed by atoms with E-state index in [2.05, 4.69) is 10.2 Å². The Bertz CT molecular complexity index is 770. The highest BCUT2D eigenvalue weighted by Crippen LogP contribution is 2.24. The minimum Gasteiger partial charge on any atom is -0.399 e. The molecule has 2 rings (SSSR count). The first-order valence-electron chi connectivity index (χ1n) is 5.72. The van der Waals surface area contributed by atoms with Crippen LogP contribution < -0.4 is 5.73 Å². The Kier molecular flexibility index (Phi) is 3.82. The smallest absolute Gasteiger partial charge is 0.294 e. The van der Waals surface area contributed by atoms with Gasteiger partial charge in [0.15, 0.2) is 0 Å². The Balaban J connectivity index is 2.32. The molecule has 0 aliphatic carbocycles. The van der Waals surface area contributed by atoms with Crippen LogP contribution in [0.15, 0.2) is 57.6 Å². The Morgan fingerprint density at radius 3 is 2.50 bits per heavy atom. The molecule has 2 aromatic rings. The van der Waals surface area contributed by atoms with Crippen LogP contribution in [0.5, 0.6) is 0 Å². The average molecular weight is 291 g/mol. The molecule has 20 heavy (non-hydrogen) atoms. The molecule has 6 nitrogen and oxygen atoms in total. The van der Waals surface area contributed by atoms with Crippen molar-refractivity contribution < 1.29 is 13.0 Å². The van der Waals surface area contributed by atoms with Crippen LogP contribution in [0.3, 0.4) is 0 Å². The molecule has 0 heterocycles. The van der Waals surface area contributed by atoms with Crippen LogP contribution in [-0.4, -0.2) is 13.0 Å². The van der Waals surface area contributed by atoms with E-state index in [-0.39, 0.29) is 4.90 Å². The molecule has 0 saturated carbocycles. The monoisotopic (exact) mass is 291 g/mol. The molecule has 0 spiro atoms. The van der Waals surface area contributed by atoms with Crippen LogP contribution in [-0.2, 0) is 10.1 Å². The van der Waals surface area contributed by atoms with Gasteiger partial charge in [0, 0.05) is 5.69 Å². The molecule has 0 aromatic heterocycles. The van der Waals surface area contributed by atoms with E-state index >= 15 is 0 Å². The second-order valence-electron chi connectivity index (χ2n) is 4.22. The molecular formula is C13H13N3O3S. The van der Waals surface area contributed by atoms with E-state index in [4.69, 9.17) is 10.3 Å². The first kappa shape index (κ1) is 14.2. The fourth-order valence-corrected chi connectivity index (χ4v) is 2.13. The lowest BCUT2D eigenvalue weighted by atomic mass is 10.2. The average Bonchev–Trinajstić information content (AvgIpc) is 2.37. The standard InChI is InChI=1S/C13H13N3O3S/c1-9-7-10(14)5-6-13(9)16-15-11-3-2-4-12(8-11)20(17,18)19/h2-8H,14H2,1H3,(H,17,18,19)/b16-15+. The van der Waals surface area contributed by atoms with Gasteiger partial charge >= 0.3 is 0 Å². The van der Waals surface area contributed by atoms with Crippen LogP contribution >= 0.6 is 0 Å². The summed E-state index contributed by atoms with van der Waals surface area (Å²) in [6.45, 7) is 1.85. The number of azo groups is 1. The van der Waals surface area contributed by atoms with Gasteiger partial charge in [-0.15, -0.1) is 0 Å². The van der Waals surface area contributed by atoms with Crippen LogP contribution in [0.1, 0.15) is 5.56 Å². The molecule has 7 heteroatoms. The van der Waals surface area contributed by atoms with Crippen molar-refractivity contribution in [2.45, 2.75) is 11.8 Å². The molecule has 0 aliphatic heterocycles. The van der Waals surface area contributed by atoms with Gasteiger partial charge in [-0.3, -0.25) is 4.55 Å². The fourth-order valence-electron chi connectivity index (χ4n) is 1.61. The van der Waals surface area contributed by atoms with E-state index in [1.54, 1.807) is 24.3 Å². The maximum Gasteiger partial charge on any atom is 0.294 e. The number of hydrogen-bond acceptors (Lipinski definition) is 5. The van der Waals surface area contributed by atoms with Crippen molar-refractivity contribution in [3.05, 3.63) is 48.0 Å². The van der Waals surface area contributed by atoms with Gasteiger partial charge in [0.2, 0.25) is 0 Å². The predicted molar refractivity (Wildman–Crippen MR) is 76.0 cm³/mol. The zero-order valence-corrected chi connectivity index (χ0v) is 11.5. The SMILES string of the molecule is Cc1cc(N)ccc1/N=N/c1cccc(S(=O)(=O)O)c1. The van der Waals surface area contributed by atoms with Crippen molar-refractivity contribution >= 4 is 27.2 Å². The van der Waals surface area contributed by atoms with Crippen molar-refractivity contribution in [1.82, 2.24) is 0 Å². The summed E-state index contributed by atoms with van der Waals surface area (Å²) in [5.41, 5.74) is 8.10. The fraction of sp³-hybridized carbons (Fsp3) is 0.0769. The van der Waals surface area contributed by atoms with E-state index in [0.29, 0.717) is 17.1 Å². The molecule has 0 saturated heterocycles. The number of anilines is 1. The molecule has 0 aliphatic rings. The lowest BCUT2D eigenvalue weighted by Gasteiger charge is -2.01. The molecule has 0 fully saturated rings. The maximum absolute atomic E-state index is 11.0. The number of rotatable bonds is 3.